The Balaban J connectivity index is 0. The van der Waals surface area contributed by atoms with Gasteiger partial charge in [0.25, 0.3) is 0 Å². The van der Waals surface area contributed by atoms with Gasteiger partial charge in [0.1, 0.15) is 5.75 Å². The van der Waals surface area contributed by atoms with Crippen LogP contribution in [0.4, 0.5) is 5.69 Å². The molecule has 0 aliphatic heterocycles. The normalized spacial score (nSPS) is 7.27. The molecular weight excluding hydrogens is 190 g/mol. The van der Waals surface area contributed by atoms with Gasteiger partial charge in [-0.15, -0.1) is 0 Å². The summed E-state index contributed by atoms with van der Waals surface area (Å²) in [6.07, 6.45) is 0.641. The van der Waals surface area contributed by atoms with E-state index in [1.54, 1.807) is 31.4 Å². The fourth-order valence-electron chi connectivity index (χ4n) is 0.755. The third-order valence-corrected chi connectivity index (χ3v) is 1.32. The Bertz CT molecular complexity index is 232. The zero-order valence-electron chi connectivity index (χ0n) is 10.2. The molecule has 3 heteroatoms. The van der Waals surface area contributed by atoms with Gasteiger partial charge in [-0.3, -0.25) is 4.79 Å². The minimum Gasteiger partial charge on any atom is -0.497 e. The SMILES string of the molecule is CC.CC.COc1ccc(NC=O)cc1. The number of ether oxygens (including phenoxy) is 1. The van der Waals surface area contributed by atoms with Crippen molar-refractivity contribution in [2.45, 2.75) is 27.7 Å². The number of hydrogen-bond acceptors (Lipinski definition) is 2. The van der Waals surface area contributed by atoms with E-state index in [9.17, 15) is 4.79 Å². The van der Waals surface area contributed by atoms with E-state index in [0.717, 1.165) is 11.4 Å². The highest BCUT2D eigenvalue weighted by atomic mass is 16.5. The van der Waals surface area contributed by atoms with Gasteiger partial charge in [-0.05, 0) is 24.3 Å². The van der Waals surface area contributed by atoms with Crippen LogP contribution < -0.4 is 10.1 Å². The van der Waals surface area contributed by atoms with Crippen molar-refractivity contribution in [3.05, 3.63) is 24.3 Å². The first-order valence-corrected chi connectivity index (χ1v) is 5.21. The third-order valence-electron chi connectivity index (χ3n) is 1.32. The van der Waals surface area contributed by atoms with Crippen molar-refractivity contribution in [1.82, 2.24) is 0 Å². The number of nitrogens with one attached hydrogen (secondary N) is 1. The Kier molecular flexibility index (Phi) is 13.3. The fourth-order valence-corrected chi connectivity index (χ4v) is 0.755. The molecule has 0 heterocycles. The zero-order valence-corrected chi connectivity index (χ0v) is 10.2. The number of carbonyl (C=O) groups is 1. The van der Waals surface area contributed by atoms with Gasteiger partial charge in [0.15, 0.2) is 0 Å². The van der Waals surface area contributed by atoms with Crippen LogP contribution in [0, 0.1) is 0 Å². The summed E-state index contributed by atoms with van der Waals surface area (Å²) in [6.45, 7) is 8.00. The molecule has 0 fully saturated rings. The predicted molar refractivity (Wildman–Crippen MR) is 65.4 cm³/mol. The van der Waals surface area contributed by atoms with Crippen LogP contribution in [0.2, 0.25) is 0 Å². The van der Waals surface area contributed by atoms with Gasteiger partial charge in [0, 0.05) is 5.69 Å². The first-order valence-electron chi connectivity index (χ1n) is 5.21. The summed E-state index contributed by atoms with van der Waals surface area (Å²) in [7, 11) is 1.60. The lowest BCUT2D eigenvalue weighted by molar-refractivity contribution is -0.105. The number of carbonyl (C=O) groups excluding carboxylic acids is 1. The fraction of sp³-hybridized carbons (Fsp3) is 0.417. The second kappa shape index (κ2) is 12.5. The minimum absolute atomic E-state index is 0.641. The lowest BCUT2D eigenvalue weighted by atomic mass is 10.3. The van der Waals surface area contributed by atoms with Crippen molar-refractivity contribution < 1.29 is 9.53 Å². The maximum absolute atomic E-state index is 9.99. The Labute approximate surface area is 92.5 Å². The van der Waals surface area contributed by atoms with E-state index in [0.29, 0.717) is 6.41 Å². The summed E-state index contributed by atoms with van der Waals surface area (Å²) >= 11 is 0. The molecule has 3 nitrogen and oxygen atoms in total. The van der Waals surface area contributed by atoms with Gasteiger partial charge in [-0.2, -0.15) is 0 Å². The van der Waals surface area contributed by atoms with Gasteiger partial charge in [0.2, 0.25) is 6.41 Å². The molecule has 1 aromatic rings. The summed E-state index contributed by atoms with van der Waals surface area (Å²) in [5.74, 6) is 0.779. The highest BCUT2D eigenvalue weighted by molar-refractivity contribution is 5.71. The number of benzene rings is 1. The number of rotatable bonds is 3. The van der Waals surface area contributed by atoms with Gasteiger partial charge in [-0.25, -0.2) is 0 Å². The van der Waals surface area contributed by atoms with Crippen LogP contribution in [-0.2, 0) is 4.79 Å². The van der Waals surface area contributed by atoms with Crippen molar-refractivity contribution >= 4 is 12.1 Å². The molecule has 0 unspecified atom stereocenters. The molecular formula is C12H21NO2. The van der Waals surface area contributed by atoms with Crippen LogP contribution in [0.5, 0.6) is 5.75 Å². The van der Waals surface area contributed by atoms with Crippen LogP contribution in [0.3, 0.4) is 0 Å². The number of hydrogen-bond donors (Lipinski definition) is 1. The number of methoxy groups -OCH3 is 1. The molecule has 1 amide bonds. The Hall–Kier alpha value is -1.51. The van der Waals surface area contributed by atoms with Crippen LogP contribution in [0.15, 0.2) is 24.3 Å². The molecule has 1 N–H and O–H groups in total. The van der Waals surface area contributed by atoms with E-state index in [1.807, 2.05) is 27.7 Å². The zero-order chi connectivity index (χ0) is 12.1. The van der Waals surface area contributed by atoms with Gasteiger partial charge in [-0.1, -0.05) is 27.7 Å². The van der Waals surface area contributed by atoms with Crippen molar-refractivity contribution in [1.29, 1.82) is 0 Å². The van der Waals surface area contributed by atoms with E-state index in [1.165, 1.54) is 0 Å². The Morgan fingerprint density at radius 2 is 1.53 bits per heavy atom. The quantitative estimate of drug-likeness (QED) is 0.779. The first-order chi connectivity index (χ1) is 7.36. The smallest absolute Gasteiger partial charge is 0.211 e. The lowest BCUT2D eigenvalue weighted by Gasteiger charge is -2.00. The minimum atomic E-state index is 0.641. The molecule has 1 rings (SSSR count). The monoisotopic (exact) mass is 211 g/mol. The molecule has 0 aliphatic rings. The highest BCUT2D eigenvalue weighted by Crippen LogP contribution is 2.13. The number of anilines is 1. The van der Waals surface area contributed by atoms with Crippen LogP contribution in [0.1, 0.15) is 27.7 Å². The third kappa shape index (κ3) is 7.55. The first kappa shape index (κ1) is 15.9. The molecule has 0 saturated heterocycles. The van der Waals surface area contributed by atoms with Gasteiger partial charge < -0.3 is 10.1 Å². The molecule has 1 aromatic carbocycles. The second-order valence-electron chi connectivity index (χ2n) is 1.99. The number of amides is 1. The van der Waals surface area contributed by atoms with Gasteiger partial charge in [0.05, 0.1) is 7.11 Å². The van der Waals surface area contributed by atoms with E-state index < -0.39 is 0 Å². The van der Waals surface area contributed by atoms with E-state index >= 15 is 0 Å². The largest absolute Gasteiger partial charge is 0.497 e. The molecule has 0 aliphatic carbocycles. The van der Waals surface area contributed by atoms with E-state index in [4.69, 9.17) is 4.74 Å². The predicted octanol–water partition coefficient (Wildman–Crippen LogP) is 3.32. The van der Waals surface area contributed by atoms with Crippen LogP contribution in [0.25, 0.3) is 0 Å². The topological polar surface area (TPSA) is 38.3 Å². The lowest BCUT2D eigenvalue weighted by Crippen LogP contribution is -1.92. The summed E-state index contributed by atoms with van der Waals surface area (Å²) in [5, 5.41) is 2.52. The van der Waals surface area contributed by atoms with Crippen molar-refractivity contribution in [3.8, 4) is 5.75 Å². The summed E-state index contributed by atoms with van der Waals surface area (Å²) in [5.41, 5.74) is 0.765. The van der Waals surface area contributed by atoms with Crippen LogP contribution >= 0.6 is 0 Å². The average molecular weight is 211 g/mol. The average Bonchev–Trinajstić information content (AvgIpc) is 2.36. The molecule has 0 aromatic heterocycles. The molecule has 86 valence electrons. The molecule has 0 saturated carbocycles. The molecule has 0 radical (unpaired) electrons. The second-order valence-corrected chi connectivity index (χ2v) is 1.99. The molecule has 0 bridgehead atoms. The summed E-state index contributed by atoms with van der Waals surface area (Å²) in [6, 6.07) is 7.11. The van der Waals surface area contributed by atoms with Gasteiger partial charge >= 0.3 is 0 Å². The summed E-state index contributed by atoms with van der Waals surface area (Å²) in [4.78, 5) is 9.99. The maximum Gasteiger partial charge on any atom is 0.211 e. The van der Waals surface area contributed by atoms with Crippen LogP contribution in [-0.4, -0.2) is 13.5 Å². The van der Waals surface area contributed by atoms with Crippen molar-refractivity contribution in [3.63, 3.8) is 0 Å². The van der Waals surface area contributed by atoms with E-state index in [-0.39, 0.29) is 0 Å². The van der Waals surface area contributed by atoms with Crippen molar-refractivity contribution in [2.24, 2.45) is 0 Å². The maximum atomic E-state index is 9.99. The standard InChI is InChI=1S/C8H9NO2.2C2H6/c1-11-8-4-2-7(3-5-8)9-6-10;2*1-2/h2-6H,1H3,(H,9,10);2*1-2H3. The Morgan fingerprint density at radius 1 is 1.07 bits per heavy atom. The van der Waals surface area contributed by atoms with E-state index in [2.05, 4.69) is 5.32 Å². The Morgan fingerprint density at radius 3 is 1.87 bits per heavy atom. The molecule has 0 spiro atoms. The van der Waals surface area contributed by atoms with Crippen molar-refractivity contribution in [2.75, 3.05) is 12.4 Å². The summed E-state index contributed by atoms with van der Waals surface area (Å²) < 4.78 is 4.93. The molecule has 15 heavy (non-hydrogen) atoms. The highest BCUT2D eigenvalue weighted by Gasteiger charge is 1.90. The molecule has 0 atom stereocenters.